The van der Waals surface area contributed by atoms with Gasteiger partial charge in [0, 0.05) is 11.1 Å². The van der Waals surface area contributed by atoms with Crippen LogP contribution < -0.4 is 9.58 Å². The van der Waals surface area contributed by atoms with Crippen molar-refractivity contribution < 1.29 is 9.58 Å². The van der Waals surface area contributed by atoms with Gasteiger partial charge in [0.1, 0.15) is 5.52 Å². The summed E-state index contributed by atoms with van der Waals surface area (Å²) >= 11 is 5.75. The van der Waals surface area contributed by atoms with E-state index in [1.807, 2.05) is 0 Å². The fourth-order valence-corrected chi connectivity index (χ4v) is 1.36. The van der Waals surface area contributed by atoms with Crippen molar-refractivity contribution in [3.63, 3.8) is 0 Å². The van der Waals surface area contributed by atoms with Gasteiger partial charge < -0.3 is 9.94 Å². The van der Waals surface area contributed by atoms with E-state index in [4.69, 9.17) is 16.3 Å². The van der Waals surface area contributed by atoms with E-state index in [0.29, 0.717) is 27.5 Å². The highest BCUT2D eigenvalue weighted by atomic mass is 35.5. The second-order valence-corrected chi connectivity index (χ2v) is 3.27. The van der Waals surface area contributed by atoms with Gasteiger partial charge in [0.05, 0.1) is 11.7 Å². The van der Waals surface area contributed by atoms with Crippen molar-refractivity contribution in [2.75, 3.05) is 6.61 Å². The highest BCUT2D eigenvalue weighted by molar-refractivity contribution is 6.31. The zero-order valence-corrected chi connectivity index (χ0v) is 8.73. The van der Waals surface area contributed by atoms with Crippen LogP contribution in [0.5, 0.6) is 6.01 Å². The third-order valence-corrected chi connectivity index (χ3v) is 2.04. The van der Waals surface area contributed by atoms with Crippen molar-refractivity contribution in [1.82, 2.24) is 10.1 Å². The molecular formula is C9H8ClN3O2. The molecule has 1 aromatic carbocycles. The molecule has 15 heavy (non-hydrogen) atoms. The van der Waals surface area contributed by atoms with E-state index in [-0.39, 0.29) is 6.01 Å². The molecular weight excluding hydrogens is 218 g/mol. The standard InChI is InChI=1S/C9H8ClN3O2/c1-2-15-9-11-7-4-3-6(10)5-8(7)13(14)12-9/h3-5H,2H2,1H3. The van der Waals surface area contributed by atoms with Crippen molar-refractivity contribution in [3.8, 4) is 6.01 Å². The molecule has 0 N–H and O–H groups in total. The minimum Gasteiger partial charge on any atom is -0.594 e. The normalized spacial score (nSPS) is 10.5. The number of nitrogens with zero attached hydrogens (tertiary/aromatic N) is 3. The molecule has 0 atom stereocenters. The van der Waals surface area contributed by atoms with Gasteiger partial charge in [-0.05, 0) is 23.9 Å². The Morgan fingerprint density at radius 3 is 3.07 bits per heavy atom. The Morgan fingerprint density at radius 1 is 1.53 bits per heavy atom. The molecule has 0 fully saturated rings. The maximum Gasteiger partial charge on any atom is 0.381 e. The van der Waals surface area contributed by atoms with Crippen LogP contribution in [0.3, 0.4) is 0 Å². The molecule has 0 aliphatic heterocycles. The lowest BCUT2D eigenvalue weighted by Gasteiger charge is -2.02. The van der Waals surface area contributed by atoms with E-state index in [9.17, 15) is 5.21 Å². The van der Waals surface area contributed by atoms with Gasteiger partial charge in [0.15, 0.2) is 0 Å². The first kappa shape index (κ1) is 9.92. The van der Waals surface area contributed by atoms with E-state index in [0.717, 1.165) is 0 Å². The Balaban J connectivity index is 2.62. The molecule has 2 aromatic rings. The fraction of sp³-hybridized carbons (Fsp3) is 0.222. The molecule has 0 saturated carbocycles. The monoisotopic (exact) mass is 225 g/mol. The Bertz CT molecular complexity index is 504. The van der Waals surface area contributed by atoms with Gasteiger partial charge in [0.25, 0.3) is 5.52 Å². The Labute approximate surface area is 90.8 Å². The molecule has 5 nitrogen and oxygen atoms in total. The number of hydrogen-bond acceptors (Lipinski definition) is 4. The predicted molar refractivity (Wildman–Crippen MR) is 54.7 cm³/mol. The molecule has 0 bridgehead atoms. The molecule has 1 aromatic heterocycles. The summed E-state index contributed by atoms with van der Waals surface area (Å²) in [4.78, 5) is 4.51. The number of hydrogen-bond donors (Lipinski definition) is 0. The van der Waals surface area contributed by atoms with Crippen LogP contribution in [-0.4, -0.2) is 16.7 Å². The number of fused-ring (bicyclic) bond motifs is 1. The summed E-state index contributed by atoms with van der Waals surface area (Å²) in [5.41, 5.74) is 0.832. The number of aromatic nitrogens is 3. The number of halogens is 1. The summed E-state index contributed by atoms with van der Waals surface area (Å²) in [6.07, 6.45) is 0. The van der Waals surface area contributed by atoms with E-state index < -0.39 is 0 Å². The molecule has 1 heterocycles. The van der Waals surface area contributed by atoms with E-state index in [1.165, 1.54) is 6.07 Å². The molecule has 0 aliphatic carbocycles. The van der Waals surface area contributed by atoms with Crippen LogP contribution in [0.4, 0.5) is 0 Å². The molecule has 0 saturated heterocycles. The van der Waals surface area contributed by atoms with Crippen LogP contribution >= 0.6 is 11.6 Å². The van der Waals surface area contributed by atoms with Crippen molar-refractivity contribution in [1.29, 1.82) is 0 Å². The Morgan fingerprint density at radius 2 is 2.33 bits per heavy atom. The van der Waals surface area contributed by atoms with Crippen LogP contribution in [0.15, 0.2) is 18.2 Å². The van der Waals surface area contributed by atoms with Crippen molar-refractivity contribution in [2.24, 2.45) is 0 Å². The zero-order valence-electron chi connectivity index (χ0n) is 7.98. The predicted octanol–water partition coefficient (Wildman–Crippen LogP) is 1.32. The molecule has 78 valence electrons. The first-order valence-electron chi connectivity index (χ1n) is 4.40. The van der Waals surface area contributed by atoms with E-state index in [1.54, 1.807) is 19.1 Å². The summed E-state index contributed by atoms with van der Waals surface area (Å²) in [5, 5.41) is 15.5. The first-order valence-corrected chi connectivity index (χ1v) is 4.78. The summed E-state index contributed by atoms with van der Waals surface area (Å²) in [7, 11) is 0. The lowest BCUT2D eigenvalue weighted by atomic mass is 10.3. The zero-order chi connectivity index (χ0) is 10.8. The van der Waals surface area contributed by atoms with Gasteiger partial charge in [-0.1, -0.05) is 11.6 Å². The lowest BCUT2D eigenvalue weighted by molar-refractivity contribution is -0.643. The van der Waals surface area contributed by atoms with Gasteiger partial charge in [-0.15, -0.1) is 0 Å². The first-order chi connectivity index (χ1) is 7.20. The topological polar surface area (TPSA) is 62.0 Å². The molecule has 0 radical (unpaired) electrons. The van der Waals surface area contributed by atoms with Gasteiger partial charge in [-0.3, -0.25) is 0 Å². The molecule has 0 spiro atoms. The largest absolute Gasteiger partial charge is 0.594 e. The average molecular weight is 226 g/mol. The van der Waals surface area contributed by atoms with Crippen LogP contribution in [0.25, 0.3) is 11.0 Å². The number of rotatable bonds is 2. The van der Waals surface area contributed by atoms with Crippen LogP contribution in [0.2, 0.25) is 5.02 Å². The van der Waals surface area contributed by atoms with Crippen molar-refractivity contribution >= 4 is 22.6 Å². The SMILES string of the molecule is CCOc1nc2ccc(Cl)cc2[n+]([O-])n1. The summed E-state index contributed by atoms with van der Waals surface area (Å²) in [5.74, 6) is 0. The Hall–Kier alpha value is -1.62. The smallest absolute Gasteiger partial charge is 0.381 e. The summed E-state index contributed by atoms with van der Waals surface area (Å²) < 4.78 is 5.05. The molecule has 6 heteroatoms. The fourth-order valence-electron chi connectivity index (χ4n) is 1.19. The third-order valence-electron chi connectivity index (χ3n) is 1.81. The number of benzene rings is 1. The lowest BCUT2D eigenvalue weighted by Crippen LogP contribution is -2.33. The maximum atomic E-state index is 11.5. The van der Waals surface area contributed by atoms with E-state index >= 15 is 0 Å². The van der Waals surface area contributed by atoms with Crippen molar-refractivity contribution in [2.45, 2.75) is 6.92 Å². The minimum absolute atomic E-state index is 0.0716. The Kier molecular flexibility index (Phi) is 2.55. The van der Waals surface area contributed by atoms with Crippen molar-refractivity contribution in [3.05, 3.63) is 28.4 Å². The van der Waals surface area contributed by atoms with Gasteiger partial charge in [0.2, 0.25) is 0 Å². The van der Waals surface area contributed by atoms with Crippen LogP contribution in [0, 0.1) is 5.21 Å². The summed E-state index contributed by atoms with van der Waals surface area (Å²) in [6.45, 7) is 2.21. The number of ether oxygens (including phenoxy) is 1. The summed E-state index contributed by atoms with van der Waals surface area (Å²) in [6, 6.07) is 4.89. The van der Waals surface area contributed by atoms with Gasteiger partial charge in [-0.2, -0.15) is 4.98 Å². The molecule has 0 unspecified atom stereocenters. The average Bonchev–Trinajstić information content (AvgIpc) is 2.20. The highest BCUT2D eigenvalue weighted by Gasteiger charge is 2.11. The van der Waals surface area contributed by atoms with E-state index in [2.05, 4.69) is 10.1 Å². The quantitative estimate of drug-likeness (QED) is 0.571. The minimum atomic E-state index is 0.0716. The maximum absolute atomic E-state index is 11.5. The highest BCUT2D eigenvalue weighted by Crippen LogP contribution is 2.15. The third kappa shape index (κ3) is 1.92. The molecule has 2 rings (SSSR count). The van der Waals surface area contributed by atoms with Crippen LogP contribution in [-0.2, 0) is 0 Å². The molecule has 0 aliphatic rings. The van der Waals surface area contributed by atoms with Gasteiger partial charge >= 0.3 is 6.01 Å². The van der Waals surface area contributed by atoms with Gasteiger partial charge in [-0.25, -0.2) is 0 Å². The molecule has 0 amide bonds. The van der Waals surface area contributed by atoms with Crippen LogP contribution in [0.1, 0.15) is 6.92 Å². The second-order valence-electron chi connectivity index (χ2n) is 2.83. The second kappa shape index (κ2) is 3.86.